The van der Waals surface area contributed by atoms with Crippen LogP contribution in [0.3, 0.4) is 0 Å². The summed E-state index contributed by atoms with van der Waals surface area (Å²) < 4.78 is 5.06. The Morgan fingerprint density at radius 2 is 1.90 bits per heavy atom. The van der Waals surface area contributed by atoms with Crippen molar-refractivity contribution in [2.45, 2.75) is 53.1 Å². The molecule has 0 aliphatic carbocycles. The van der Waals surface area contributed by atoms with Gasteiger partial charge in [0.1, 0.15) is 0 Å². The maximum absolute atomic E-state index is 12.3. The summed E-state index contributed by atoms with van der Waals surface area (Å²) >= 11 is 0. The third kappa shape index (κ3) is 6.23. The molecular formula is C14H28N2O4. The van der Waals surface area contributed by atoms with Gasteiger partial charge in [0.25, 0.3) is 0 Å². The highest BCUT2D eigenvalue weighted by Crippen LogP contribution is 2.22. The van der Waals surface area contributed by atoms with Crippen molar-refractivity contribution < 1.29 is 19.4 Å². The standard InChI is InChI=1S/C14H28N2O4/c1-7-16(10(2)9-20-6)13(19)15-11(8-12(17)18)14(3,4)5/h10-11H,7-9H2,1-6H3,(H,15,19)(H,17,18). The topological polar surface area (TPSA) is 78.9 Å². The lowest BCUT2D eigenvalue weighted by Gasteiger charge is -2.34. The van der Waals surface area contributed by atoms with E-state index in [9.17, 15) is 9.59 Å². The second-order valence-electron chi connectivity index (χ2n) is 6.06. The molecule has 2 amide bonds. The van der Waals surface area contributed by atoms with Crippen LogP contribution in [0, 0.1) is 5.41 Å². The summed E-state index contributed by atoms with van der Waals surface area (Å²) in [6.45, 7) is 10.5. The Labute approximate surface area is 121 Å². The summed E-state index contributed by atoms with van der Waals surface area (Å²) in [5.41, 5.74) is -0.321. The third-order valence-electron chi connectivity index (χ3n) is 3.26. The number of urea groups is 1. The third-order valence-corrected chi connectivity index (χ3v) is 3.26. The Kier molecular flexibility index (Phi) is 7.57. The first-order chi connectivity index (χ1) is 9.13. The Morgan fingerprint density at radius 1 is 1.35 bits per heavy atom. The van der Waals surface area contributed by atoms with Crippen LogP contribution < -0.4 is 5.32 Å². The summed E-state index contributed by atoms with van der Waals surface area (Å²) in [5.74, 6) is -0.918. The Balaban J connectivity index is 4.84. The van der Waals surface area contributed by atoms with Crippen LogP contribution in [0.5, 0.6) is 0 Å². The zero-order valence-electron chi connectivity index (χ0n) is 13.4. The molecule has 6 heteroatoms. The van der Waals surface area contributed by atoms with Crippen LogP contribution >= 0.6 is 0 Å². The van der Waals surface area contributed by atoms with Crippen LogP contribution in [0.4, 0.5) is 4.79 Å². The smallest absolute Gasteiger partial charge is 0.317 e. The molecule has 0 spiro atoms. The largest absolute Gasteiger partial charge is 0.481 e. The summed E-state index contributed by atoms with van der Waals surface area (Å²) in [4.78, 5) is 24.9. The molecule has 0 rings (SSSR count). The molecule has 6 nitrogen and oxygen atoms in total. The summed E-state index contributed by atoms with van der Waals surface area (Å²) in [6, 6.07) is -0.732. The van der Waals surface area contributed by atoms with Crippen LogP contribution in [0.15, 0.2) is 0 Å². The quantitative estimate of drug-likeness (QED) is 0.750. The lowest BCUT2D eigenvalue weighted by atomic mass is 9.85. The van der Waals surface area contributed by atoms with Crippen LogP contribution in [0.25, 0.3) is 0 Å². The van der Waals surface area contributed by atoms with Crippen molar-refractivity contribution in [3.05, 3.63) is 0 Å². The first kappa shape index (κ1) is 18.7. The molecular weight excluding hydrogens is 260 g/mol. The van der Waals surface area contributed by atoms with E-state index < -0.39 is 12.0 Å². The molecule has 0 aliphatic rings. The molecule has 0 aromatic heterocycles. The number of carboxylic acids is 1. The van der Waals surface area contributed by atoms with Gasteiger partial charge in [-0.05, 0) is 19.3 Å². The number of amides is 2. The highest BCUT2D eigenvalue weighted by molar-refractivity contribution is 5.76. The minimum Gasteiger partial charge on any atom is -0.481 e. The molecule has 0 aromatic rings. The zero-order valence-corrected chi connectivity index (χ0v) is 13.4. The molecule has 20 heavy (non-hydrogen) atoms. The predicted molar refractivity (Wildman–Crippen MR) is 77.7 cm³/mol. The first-order valence-electron chi connectivity index (χ1n) is 6.91. The second kappa shape index (κ2) is 8.09. The fourth-order valence-electron chi connectivity index (χ4n) is 1.97. The average molecular weight is 288 g/mol. The van der Waals surface area contributed by atoms with E-state index in [0.717, 1.165) is 0 Å². The van der Waals surface area contributed by atoms with Gasteiger partial charge in [-0.25, -0.2) is 4.79 Å². The number of nitrogens with one attached hydrogen (secondary N) is 1. The van der Waals surface area contributed by atoms with E-state index >= 15 is 0 Å². The number of likely N-dealkylation sites (N-methyl/N-ethyl adjacent to an activating group) is 1. The number of carboxylic acid groups (broad SMARTS) is 1. The SMILES string of the molecule is CCN(C(=O)NC(CC(=O)O)C(C)(C)C)C(C)COC. The molecule has 0 bridgehead atoms. The molecule has 2 atom stereocenters. The van der Waals surface area contributed by atoms with Crippen LogP contribution in [0.1, 0.15) is 41.0 Å². The van der Waals surface area contributed by atoms with Gasteiger partial charge in [0.05, 0.1) is 19.1 Å². The molecule has 0 saturated carbocycles. The summed E-state index contributed by atoms with van der Waals surface area (Å²) in [7, 11) is 1.59. The molecule has 0 heterocycles. The van der Waals surface area contributed by atoms with E-state index in [1.165, 1.54) is 0 Å². The average Bonchev–Trinajstić information content (AvgIpc) is 2.27. The Morgan fingerprint density at radius 3 is 2.25 bits per heavy atom. The van der Waals surface area contributed by atoms with Gasteiger partial charge >= 0.3 is 12.0 Å². The zero-order chi connectivity index (χ0) is 15.9. The van der Waals surface area contributed by atoms with E-state index in [4.69, 9.17) is 9.84 Å². The van der Waals surface area contributed by atoms with Gasteiger partial charge in [0.15, 0.2) is 0 Å². The Hall–Kier alpha value is -1.30. The maximum atomic E-state index is 12.3. The van der Waals surface area contributed by atoms with Crippen LogP contribution in [0.2, 0.25) is 0 Å². The number of rotatable bonds is 7. The van der Waals surface area contributed by atoms with Crippen molar-refractivity contribution >= 4 is 12.0 Å². The van der Waals surface area contributed by atoms with Gasteiger partial charge in [-0.3, -0.25) is 4.79 Å². The lowest BCUT2D eigenvalue weighted by molar-refractivity contribution is -0.138. The predicted octanol–water partition coefficient (Wildman–Crippen LogP) is 1.94. The van der Waals surface area contributed by atoms with Gasteiger partial charge < -0.3 is 20.1 Å². The number of ether oxygens (including phenoxy) is 1. The molecule has 0 aromatic carbocycles. The van der Waals surface area contributed by atoms with Crippen molar-refractivity contribution in [1.29, 1.82) is 0 Å². The fraction of sp³-hybridized carbons (Fsp3) is 0.857. The molecule has 0 fully saturated rings. The van der Waals surface area contributed by atoms with E-state index in [1.807, 2.05) is 34.6 Å². The lowest BCUT2D eigenvalue weighted by Crippen LogP contribution is -2.53. The Bertz CT molecular complexity index is 326. The molecule has 0 saturated heterocycles. The van der Waals surface area contributed by atoms with Crippen molar-refractivity contribution in [2.75, 3.05) is 20.3 Å². The normalized spacial score (nSPS) is 14.5. The number of carbonyl (C=O) groups is 2. The highest BCUT2D eigenvalue weighted by atomic mass is 16.5. The minimum absolute atomic E-state index is 0.0598. The number of methoxy groups -OCH3 is 1. The number of hydrogen-bond donors (Lipinski definition) is 2. The van der Waals surface area contributed by atoms with E-state index in [-0.39, 0.29) is 23.9 Å². The molecule has 0 radical (unpaired) electrons. The second-order valence-corrected chi connectivity index (χ2v) is 6.06. The van der Waals surface area contributed by atoms with Crippen molar-refractivity contribution in [1.82, 2.24) is 10.2 Å². The summed E-state index contributed by atoms with van der Waals surface area (Å²) in [6.07, 6.45) is -0.0918. The summed E-state index contributed by atoms with van der Waals surface area (Å²) in [5, 5.41) is 11.8. The number of nitrogens with zero attached hydrogens (tertiary/aromatic N) is 1. The van der Waals surface area contributed by atoms with Crippen molar-refractivity contribution in [3.8, 4) is 0 Å². The first-order valence-corrected chi connectivity index (χ1v) is 6.91. The number of hydrogen-bond acceptors (Lipinski definition) is 3. The minimum atomic E-state index is -0.918. The van der Waals surface area contributed by atoms with E-state index in [0.29, 0.717) is 13.2 Å². The van der Waals surface area contributed by atoms with E-state index in [2.05, 4.69) is 5.32 Å². The number of carbonyl (C=O) groups excluding carboxylic acids is 1. The van der Waals surface area contributed by atoms with Gasteiger partial charge in [-0.1, -0.05) is 20.8 Å². The fourth-order valence-corrected chi connectivity index (χ4v) is 1.97. The highest BCUT2D eigenvalue weighted by Gasteiger charge is 2.30. The van der Waals surface area contributed by atoms with Crippen LogP contribution in [-0.4, -0.2) is 54.4 Å². The molecule has 0 aliphatic heterocycles. The van der Waals surface area contributed by atoms with Gasteiger partial charge in [0, 0.05) is 19.7 Å². The van der Waals surface area contributed by atoms with E-state index in [1.54, 1.807) is 12.0 Å². The maximum Gasteiger partial charge on any atom is 0.317 e. The monoisotopic (exact) mass is 288 g/mol. The van der Waals surface area contributed by atoms with Crippen LogP contribution in [-0.2, 0) is 9.53 Å². The molecule has 2 unspecified atom stereocenters. The van der Waals surface area contributed by atoms with Crippen molar-refractivity contribution in [3.63, 3.8) is 0 Å². The molecule has 118 valence electrons. The number of aliphatic carboxylic acids is 1. The van der Waals surface area contributed by atoms with Gasteiger partial charge in [-0.2, -0.15) is 0 Å². The molecule has 2 N–H and O–H groups in total. The van der Waals surface area contributed by atoms with Crippen molar-refractivity contribution in [2.24, 2.45) is 5.41 Å². The van der Waals surface area contributed by atoms with Gasteiger partial charge in [0.2, 0.25) is 0 Å². The van der Waals surface area contributed by atoms with Gasteiger partial charge in [-0.15, -0.1) is 0 Å².